The van der Waals surface area contributed by atoms with Gasteiger partial charge in [-0.15, -0.1) is 0 Å². The summed E-state index contributed by atoms with van der Waals surface area (Å²) in [4.78, 5) is 11.3. The van der Waals surface area contributed by atoms with E-state index < -0.39 is 0 Å². The summed E-state index contributed by atoms with van der Waals surface area (Å²) in [5, 5.41) is 4.33. The summed E-state index contributed by atoms with van der Waals surface area (Å²) in [6.07, 6.45) is 9.05. The highest BCUT2D eigenvalue weighted by Crippen LogP contribution is 2.20. The Bertz CT molecular complexity index is 754. The summed E-state index contributed by atoms with van der Waals surface area (Å²) >= 11 is 0. The summed E-state index contributed by atoms with van der Waals surface area (Å²) in [5.41, 5.74) is 4.05. The molecule has 6 nitrogen and oxygen atoms in total. The molecule has 0 radical (unpaired) electrons. The molecule has 3 rings (SSSR count). The average molecular weight is 382 g/mol. The maximum atomic E-state index is 5.74. The minimum atomic E-state index is 0.722. The number of aryl methyl sites for hydroxylation is 1. The van der Waals surface area contributed by atoms with Crippen molar-refractivity contribution in [1.29, 1.82) is 0 Å². The Kier molecular flexibility index (Phi) is 7.64. The number of ether oxygens (including phenoxy) is 1. The van der Waals surface area contributed by atoms with E-state index in [0.29, 0.717) is 0 Å². The van der Waals surface area contributed by atoms with E-state index >= 15 is 0 Å². The molecule has 0 saturated carbocycles. The monoisotopic (exact) mass is 381 g/mol. The van der Waals surface area contributed by atoms with Gasteiger partial charge in [-0.05, 0) is 62.4 Å². The Labute approximate surface area is 168 Å². The van der Waals surface area contributed by atoms with Gasteiger partial charge in [0.05, 0.1) is 12.8 Å². The quantitative estimate of drug-likeness (QED) is 0.384. The van der Waals surface area contributed by atoms with Crippen LogP contribution in [0, 0.1) is 6.92 Å². The highest BCUT2D eigenvalue weighted by molar-refractivity contribution is 5.80. The second kappa shape index (κ2) is 10.6. The third kappa shape index (κ3) is 6.22. The van der Waals surface area contributed by atoms with E-state index in [1.807, 2.05) is 37.3 Å². The van der Waals surface area contributed by atoms with Crippen molar-refractivity contribution in [2.24, 2.45) is 5.10 Å². The van der Waals surface area contributed by atoms with Crippen molar-refractivity contribution in [1.82, 2.24) is 9.97 Å². The standard InChI is InChI=1S/C22H31N5O/c1-3-4-8-15-28-20-11-9-19(10-12-20)17-23-26-21-16-22(25-18(2)24-21)27-13-6-5-7-14-27/h9-12,16-17H,3-8,13-15H2,1-2H3,(H,24,25,26)/b23-17-. The van der Waals surface area contributed by atoms with Crippen molar-refractivity contribution < 1.29 is 4.74 Å². The van der Waals surface area contributed by atoms with Crippen molar-refractivity contribution in [3.8, 4) is 5.75 Å². The predicted octanol–water partition coefficient (Wildman–Crippen LogP) is 4.79. The lowest BCUT2D eigenvalue weighted by atomic mass is 10.1. The lowest BCUT2D eigenvalue weighted by molar-refractivity contribution is 0.306. The van der Waals surface area contributed by atoms with Crippen LogP contribution in [0.1, 0.15) is 56.8 Å². The SMILES string of the molecule is CCCCCOc1ccc(/C=N\Nc2cc(N3CCCCC3)nc(C)n2)cc1. The summed E-state index contributed by atoms with van der Waals surface area (Å²) in [7, 11) is 0. The van der Waals surface area contributed by atoms with Gasteiger partial charge in [-0.1, -0.05) is 19.8 Å². The first-order chi connectivity index (χ1) is 13.7. The number of hydrogen-bond donors (Lipinski definition) is 1. The number of aromatic nitrogens is 2. The first kappa shape index (κ1) is 20.1. The van der Waals surface area contributed by atoms with Gasteiger partial charge < -0.3 is 9.64 Å². The number of benzene rings is 1. The van der Waals surface area contributed by atoms with Crippen LogP contribution in [0.3, 0.4) is 0 Å². The van der Waals surface area contributed by atoms with Crippen LogP contribution in [-0.2, 0) is 0 Å². The molecule has 2 aromatic rings. The molecule has 1 aliphatic rings. The van der Waals surface area contributed by atoms with Crippen molar-refractivity contribution >= 4 is 17.9 Å². The number of hydrazone groups is 1. The molecular weight excluding hydrogens is 350 g/mol. The van der Waals surface area contributed by atoms with Gasteiger partial charge in [0.15, 0.2) is 5.82 Å². The van der Waals surface area contributed by atoms with Crippen LogP contribution in [-0.4, -0.2) is 35.9 Å². The zero-order chi connectivity index (χ0) is 19.6. The van der Waals surface area contributed by atoms with E-state index in [1.165, 1.54) is 32.1 Å². The molecule has 0 spiro atoms. The third-order valence-electron chi connectivity index (χ3n) is 4.79. The first-order valence-electron chi connectivity index (χ1n) is 10.4. The van der Waals surface area contributed by atoms with Crippen LogP contribution in [0.4, 0.5) is 11.6 Å². The maximum absolute atomic E-state index is 5.74. The number of nitrogens with zero attached hydrogens (tertiary/aromatic N) is 4. The summed E-state index contributed by atoms with van der Waals surface area (Å²) in [6, 6.07) is 9.95. The van der Waals surface area contributed by atoms with Gasteiger partial charge >= 0.3 is 0 Å². The zero-order valence-corrected chi connectivity index (χ0v) is 17.0. The molecule has 1 fully saturated rings. The van der Waals surface area contributed by atoms with Gasteiger partial charge in [-0.3, -0.25) is 5.43 Å². The van der Waals surface area contributed by atoms with Crippen molar-refractivity contribution in [2.75, 3.05) is 30.0 Å². The normalized spacial score (nSPS) is 14.4. The molecule has 0 atom stereocenters. The number of hydrogen-bond acceptors (Lipinski definition) is 6. The first-order valence-corrected chi connectivity index (χ1v) is 10.4. The van der Waals surface area contributed by atoms with Gasteiger partial charge in [0.25, 0.3) is 0 Å². The van der Waals surface area contributed by atoms with Crippen molar-refractivity contribution in [3.63, 3.8) is 0 Å². The van der Waals surface area contributed by atoms with E-state index in [0.717, 1.165) is 54.9 Å². The molecule has 0 unspecified atom stereocenters. The fourth-order valence-corrected chi connectivity index (χ4v) is 3.26. The van der Waals surface area contributed by atoms with Crippen LogP contribution in [0.5, 0.6) is 5.75 Å². The van der Waals surface area contributed by atoms with E-state index in [-0.39, 0.29) is 0 Å². The number of rotatable bonds is 9. The van der Waals surface area contributed by atoms with E-state index in [9.17, 15) is 0 Å². The molecule has 1 aromatic heterocycles. The lowest BCUT2D eigenvalue weighted by Gasteiger charge is -2.27. The number of piperidine rings is 1. The second-order valence-corrected chi connectivity index (χ2v) is 7.20. The molecule has 1 saturated heterocycles. The molecule has 1 aliphatic heterocycles. The fraction of sp³-hybridized carbons (Fsp3) is 0.500. The molecule has 1 N–H and O–H groups in total. The third-order valence-corrected chi connectivity index (χ3v) is 4.79. The molecule has 28 heavy (non-hydrogen) atoms. The molecular formula is C22H31N5O. The zero-order valence-electron chi connectivity index (χ0n) is 17.0. The topological polar surface area (TPSA) is 62.6 Å². The predicted molar refractivity (Wildman–Crippen MR) is 116 cm³/mol. The fourth-order valence-electron chi connectivity index (χ4n) is 3.26. The van der Waals surface area contributed by atoms with E-state index in [4.69, 9.17) is 4.74 Å². The minimum Gasteiger partial charge on any atom is -0.494 e. The maximum Gasteiger partial charge on any atom is 0.152 e. The number of nitrogens with one attached hydrogen (secondary N) is 1. The Morgan fingerprint density at radius 2 is 1.89 bits per heavy atom. The van der Waals surface area contributed by atoms with Gasteiger partial charge in [-0.25, -0.2) is 9.97 Å². The van der Waals surface area contributed by atoms with Crippen LogP contribution in [0.2, 0.25) is 0 Å². The molecule has 150 valence electrons. The highest BCUT2D eigenvalue weighted by atomic mass is 16.5. The lowest BCUT2D eigenvalue weighted by Crippen LogP contribution is -2.30. The number of unbranched alkanes of at least 4 members (excludes halogenated alkanes) is 2. The summed E-state index contributed by atoms with van der Waals surface area (Å²) in [5.74, 6) is 3.36. The molecule has 2 heterocycles. The Morgan fingerprint density at radius 3 is 2.64 bits per heavy atom. The largest absolute Gasteiger partial charge is 0.494 e. The van der Waals surface area contributed by atoms with Gasteiger partial charge in [0.1, 0.15) is 17.4 Å². The molecule has 0 bridgehead atoms. The van der Waals surface area contributed by atoms with Gasteiger partial charge in [0, 0.05) is 19.2 Å². The van der Waals surface area contributed by atoms with Crippen molar-refractivity contribution in [3.05, 3.63) is 41.7 Å². The van der Waals surface area contributed by atoms with Crippen LogP contribution >= 0.6 is 0 Å². The smallest absolute Gasteiger partial charge is 0.152 e. The molecule has 1 aromatic carbocycles. The molecule has 6 heteroatoms. The molecule has 0 aliphatic carbocycles. The summed E-state index contributed by atoms with van der Waals surface area (Å²) < 4.78 is 5.74. The van der Waals surface area contributed by atoms with Crippen LogP contribution in [0.15, 0.2) is 35.4 Å². The van der Waals surface area contributed by atoms with Crippen LogP contribution < -0.4 is 15.1 Å². The average Bonchev–Trinajstić information content (AvgIpc) is 2.73. The number of anilines is 2. The van der Waals surface area contributed by atoms with Gasteiger partial charge in [-0.2, -0.15) is 5.10 Å². The van der Waals surface area contributed by atoms with E-state index in [2.05, 4.69) is 32.3 Å². The van der Waals surface area contributed by atoms with E-state index in [1.54, 1.807) is 6.21 Å². The Morgan fingerprint density at radius 1 is 1.11 bits per heavy atom. The van der Waals surface area contributed by atoms with Gasteiger partial charge in [0.2, 0.25) is 0 Å². The van der Waals surface area contributed by atoms with Crippen molar-refractivity contribution in [2.45, 2.75) is 52.4 Å². The second-order valence-electron chi connectivity index (χ2n) is 7.20. The van der Waals surface area contributed by atoms with Crippen LogP contribution in [0.25, 0.3) is 0 Å². The highest BCUT2D eigenvalue weighted by Gasteiger charge is 2.13. The minimum absolute atomic E-state index is 0.722. The Balaban J connectivity index is 1.54. The summed E-state index contributed by atoms with van der Waals surface area (Å²) in [6.45, 7) is 7.01. The molecule has 0 amide bonds. The Hall–Kier alpha value is -2.63.